The molecule has 3 aromatic rings. The normalized spacial score (nSPS) is 10.7. The Bertz CT molecular complexity index is 983. The largest absolute Gasteiger partial charge is 0.490 e. The van der Waals surface area contributed by atoms with Gasteiger partial charge < -0.3 is 14.8 Å². The Morgan fingerprint density at radius 3 is 2.55 bits per heavy atom. The van der Waals surface area contributed by atoms with Crippen LogP contribution in [0.25, 0.3) is 11.3 Å². The van der Waals surface area contributed by atoms with Crippen molar-refractivity contribution in [1.82, 2.24) is 10.3 Å². The predicted molar refractivity (Wildman–Crippen MR) is 126 cm³/mol. The smallest absolute Gasteiger partial charge is 0.251 e. The lowest BCUT2D eigenvalue weighted by molar-refractivity contribution is 0.0953. The molecule has 1 heterocycles. The van der Waals surface area contributed by atoms with E-state index in [-0.39, 0.29) is 5.91 Å². The summed E-state index contributed by atoms with van der Waals surface area (Å²) in [5, 5.41) is 6.13. The number of benzene rings is 2. The van der Waals surface area contributed by atoms with Crippen molar-refractivity contribution < 1.29 is 14.3 Å². The second-order valence-corrected chi connectivity index (χ2v) is 8.31. The maximum absolute atomic E-state index is 12.6. The number of amides is 1. The number of nitrogens with zero attached hydrogens (tertiary/aromatic N) is 1. The predicted octanol–water partition coefficient (Wildman–Crippen LogP) is 5.67. The number of carbonyl (C=O) groups is 1. The number of aromatic nitrogens is 1. The van der Waals surface area contributed by atoms with E-state index in [2.05, 4.69) is 46.9 Å². The molecule has 3 rings (SSSR count). The third-order valence-electron chi connectivity index (χ3n) is 4.83. The molecule has 164 valence electrons. The number of aryl methyl sites for hydroxylation is 1. The first-order chi connectivity index (χ1) is 15.1. The summed E-state index contributed by atoms with van der Waals surface area (Å²) in [5.74, 6) is 1.18. The van der Waals surface area contributed by atoms with E-state index in [1.54, 1.807) is 23.5 Å². The molecular weight excluding hydrogens is 408 g/mol. The summed E-state index contributed by atoms with van der Waals surface area (Å²) in [4.78, 5) is 17.1. The number of ether oxygens (including phenoxy) is 2. The average molecular weight is 439 g/mol. The molecule has 1 N–H and O–H groups in total. The van der Waals surface area contributed by atoms with Gasteiger partial charge >= 0.3 is 0 Å². The van der Waals surface area contributed by atoms with E-state index in [4.69, 9.17) is 9.47 Å². The highest BCUT2D eigenvalue weighted by Gasteiger charge is 2.12. The van der Waals surface area contributed by atoms with Crippen LogP contribution in [0, 0.1) is 6.92 Å². The monoisotopic (exact) mass is 438 g/mol. The van der Waals surface area contributed by atoms with Gasteiger partial charge in [0.25, 0.3) is 5.91 Å². The van der Waals surface area contributed by atoms with Crippen LogP contribution >= 0.6 is 11.3 Å². The van der Waals surface area contributed by atoms with E-state index in [1.807, 2.05) is 19.9 Å². The van der Waals surface area contributed by atoms with Crippen molar-refractivity contribution in [3.05, 3.63) is 64.0 Å². The molecule has 2 aromatic carbocycles. The standard InChI is InChI=1S/C25H30N2O3S/c1-4-6-15-30-23-12-11-21(16-24(23)29-5-2)25(28)26-14-13-19-7-9-20(10-8-19)22-17-31-18(3)27-22/h7-12,16-17H,4-6,13-15H2,1-3H3,(H,26,28). The zero-order chi connectivity index (χ0) is 22.1. The SMILES string of the molecule is CCCCOc1ccc(C(=O)NCCc2ccc(-c3csc(C)n3)cc2)cc1OCC. The highest BCUT2D eigenvalue weighted by atomic mass is 32.1. The molecule has 0 aliphatic heterocycles. The molecule has 0 spiro atoms. The maximum Gasteiger partial charge on any atom is 0.251 e. The van der Waals surface area contributed by atoms with Gasteiger partial charge in [0.2, 0.25) is 0 Å². The van der Waals surface area contributed by atoms with Crippen LogP contribution in [0.3, 0.4) is 0 Å². The summed E-state index contributed by atoms with van der Waals surface area (Å²) >= 11 is 1.65. The first kappa shape index (κ1) is 22.8. The summed E-state index contributed by atoms with van der Waals surface area (Å²) in [6.45, 7) is 7.77. The molecule has 0 unspecified atom stereocenters. The summed E-state index contributed by atoms with van der Waals surface area (Å²) in [5.41, 5.74) is 3.86. The highest BCUT2D eigenvalue weighted by molar-refractivity contribution is 7.09. The van der Waals surface area contributed by atoms with Crippen LogP contribution < -0.4 is 14.8 Å². The molecule has 5 nitrogen and oxygen atoms in total. The minimum absolute atomic E-state index is 0.115. The number of rotatable bonds is 11. The summed E-state index contributed by atoms with van der Waals surface area (Å²) in [6.07, 6.45) is 2.81. The van der Waals surface area contributed by atoms with Gasteiger partial charge in [0, 0.05) is 23.1 Å². The van der Waals surface area contributed by atoms with Crippen LogP contribution in [0.1, 0.15) is 47.6 Å². The van der Waals surface area contributed by atoms with Crippen molar-refractivity contribution in [3.63, 3.8) is 0 Å². The Morgan fingerprint density at radius 1 is 1.06 bits per heavy atom. The van der Waals surface area contributed by atoms with Gasteiger partial charge in [-0.1, -0.05) is 37.6 Å². The van der Waals surface area contributed by atoms with Crippen LogP contribution in [0.5, 0.6) is 11.5 Å². The summed E-state index contributed by atoms with van der Waals surface area (Å²) in [7, 11) is 0. The van der Waals surface area contributed by atoms with Crippen molar-refractivity contribution in [2.24, 2.45) is 0 Å². The van der Waals surface area contributed by atoms with Crippen molar-refractivity contribution in [3.8, 4) is 22.8 Å². The van der Waals surface area contributed by atoms with Crippen LogP contribution in [0.2, 0.25) is 0 Å². The first-order valence-electron chi connectivity index (χ1n) is 10.8. The molecule has 0 fully saturated rings. The van der Waals surface area contributed by atoms with Gasteiger partial charge in [-0.2, -0.15) is 0 Å². The van der Waals surface area contributed by atoms with Crippen LogP contribution in [0.4, 0.5) is 0 Å². The number of nitrogens with one attached hydrogen (secondary N) is 1. The lowest BCUT2D eigenvalue weighted by atomic mass is 10.1. The number of thiazole rings is 1. The third kappa shape index (κ3) is 6.56. The summed E-state index contributed by atoms with van der Waals surface area (Å²) < 4.78 is 11.5. The van der Waals surface area contributed by atoms with E-state index in [9.17, 15) is 4.79 Å². The molecule has 0 saturated heterocycles. The van der Waals surface area contributed by atoms with E-state index >= 15 is 0 Å². The number of hydrogen-bond acceptors (Lipinski definition) is 5. The van der Waals surface area contributed by atoms with Gasteiger partial charge in [-0.15, -0.1) is 11.3 Å². The second kappa shape index (κ2) is 11.5. The molecule has 0 aliphatic carbocycles. The van der Waals surface area contributed by atoms with E-state index in [0.29, 0.717) is 36.8 Å². The lowest BCUT2D eigenvalue weighted by Crippen LogP contribution is -2.25. The number of hydrogen-bond donors (Lipinski definition) is 1. The van der Waals surface area contributed by atoms with E-state index in [0.717, 1.165) is 35.5 Å². The average Bonchev–Trinajstić information content (AvgIpc) is 3.21. The summed E-state index contributed by atoms with van der Waals surface area (Å²) in [6, 6.07) is 13.7. The van der Waals surface area contributed by atoms with Gasteiger partial charge in [-0.3, -0.25) is 4.79 Å². The highest BCUT2D eigenvalue weighted by Crippen LogP contribution is 2.29. The molecule has 0 radical (unpaired) electrons. The molecule has 0 bridgehead atoms. The third-order valence-corrected chi connectivity index (χ3v) is 5.60. The van der Waals surface area contributed by atoms with E-state index in [1.165, 1.54) is 5.56 Å². The molecule has 0 aliphatic rings. The van der Waals surface area contributed by atoms with Crippen LogP contribution in [-0.2, 0) is 6.42 Å². The zero-order valence-corrected chi connectivity index (χ0v) is 19.3. The molecule has 31 heavy (non-hydrogen) atoms. The molecule has 1 amide bonds. The Morgan fingerprint density at radius 2 is 1.87 bits per heavy atom. The topological polar surface area (TPSA) is 60.5 Å². The fraction of sp³-hybridized carbons (Fsp3) is 0.360. The van der Waals surface area contributed by atoms with Crippen molar-refractivity contribution in [2.45, 2.75) is 40.0 Å². The van der Waals surface area contributed by atoms with Gasteiger partial charge in [0.05, 0.1) is 23.9 Å². The Kier molecular flexibility index (Phi) is 8.47. The van der Waals surface area contributed by atoms with Crippen molar-refractivity contribution >= 4 is 17.2 Å². The molecule has 1 aromatic heterocycles. The number of carbonyl (C=O) groups excluding carboxylic acids is 1. The fourth-order valence-electron chi connectivity index (χ4n) is 3.12. The van der Waals surface area contributed by atoms with Gasteiger partial charge in [-0.05, 0) is 50.5 Å². The molecular formula is C25H30N2O3S. The Hall–Kier alpha value is -2.86. The van der Waals surface area contributed by atoms with Crippen LogP contribution in [-0.4, -0.2) is 30.6 Å². The number of unbranched alkanes of at least 4 members (excludes halogenated alkanes) is 1. The van der Waals surface area contributed by atoms with Crippen molar-refractivity contribution in [2.75, 3.05) is 19.8 Å². The van der Waals surface area contributed by atoms with Gasteiger partial charge in [0.15, 0.2) is 11.5 Å². The lowest BCUT2D eigenvalue weighted by Gasteiger charge is -2.13. The Balaban J connectivity index is 1.54. The Labute approximate surface area is 188 Å². The maximum atomic E-state index is 12.6. The molecule has 6 heteroatoms. The van der Waals surface area contributed by atoms with Gasteiger partial charge in [-0.25, -0.2) is 4.98 Å². The zero-order valence-electron chi connectivity index (χ0n) is 18.4. The minimum Gasteiger partial charge on any atom is -0.490 e. The first-order valence-corrected chi connectivity index (χ1v) is 11.7. The van der Waals surface area contributed by atoms with Gasteiger partial charge in [0.1, 0.15) is 0 Å². The second-order valence-electron chi connectivity index (χ2n) is 7.25. The minimum atomic E-state index is -0.115. The van der Waals surface area contributed by atoms with Crippen molar-refractivity contribution in [1.29, 1.82) is 0 Å². The molecule has 0 saturated carbocycles. The molecule has 0 atom stereocenters. The fourth-order valence-corrected chi connectivity index (χ4v) is 3.75. The quantitative estimate of drug-likeness (QED) is 0.392. The van der Waals surface area contributed by atoms with Crippen LogP contribution in [0.15, 0.2) is 47.8 Å². The van der Waals surface area contributed by atoms with E-state index < -0.39 is 0 Å².